The lowest BCUT2D eigenvalue weighted by Gasteiger charge is -2.17. The van der Waals surface area contributed by atoms with E-state index < -0.39 is 5.97 Å². The molecule has 7 nitrogen and oxygen atoms in total. The van der Waals surface area contributed by atoms with Crippen LogP contribution >= 0.6 is 11.8 Å². The van der Waals surface area contributed by atoms with E-state index in [-0.39, 0.29) is 29.4 Å². The number of ether oxygens (including phenoxy) is 1. The van der Waals surface area contributed by atoms with Crippen LogP contribution in [0.1, 0.15) is 31.5 Å². The number of carbonyl (C=O) groups excluding carboxylic acids is 2. The van der Waals surface area contributed by atoms with Crippen molar-refractivity contribution in [2.24, 2.45) is 0 Å². The molecule has 1 amide bonds. The fraction of sp³-hybridized carbons (Fsp3) is 0.636. The van der Waals surface area contributed by atoms with E-state index in [1.807, 2.05) is 13.8 Å². The lowest BCUT2D eigenvalue weighted by molar-refractivity contribution is -0.127. The minimum atomic E-state index is -0.656. The van der Waals surface area contributed by atoms with Crippen molar-refractivity contribution in [3.63, 3.8) is 0 Å². The highest BCUT2D eigenvalue weighted by Crippen LogP contribution is 2.17. The Labute approximate surface area is 115 Å². The standard InChI is InChI=1S/C11H17N3O4S/c1-4-14(5-2)8(15)7-19-11-13-12-9(18-11)10(16)17-6-3/h4-7H2,1-3H3. The molecule has 8 heteroatoms. The van der Waals surface area contributed by atoms with Crippen LogP contribution in [0.25, 0.3) is 0 Å². The van der Waals surface area contributed by atoms with Crippen LogP contribution in [0.15, 0.2) is 9.64 Å². The van der Waals surface area contributed by atoms with Gasteiger partial charge in [-0.2, -0.15) is 0 Å². The normalized spacial score (nSPS) is 10.3. The second kappa shape index (κ2) is 7.78. The highest BCUT2D eigenvalue weighted by Gasteiger charge is 2.17. The van der Waals surface area contributed by atoms with Gasteiger partial charge in [0.05, 0.1) is 12.4 Å². The zero-order chi connectivity index (χ0) is 14.3. The van der Waals surface area contributed by atoms with Gasteiger partial charge in [0.15, 0.2) is 0 Å². The molecular formula is C11H17N3O4S. The van der Waals surface area contributed by atoms with E-state index in [1.165, 1.54) is 0 Å². The molecule has 0 aliphatic heterocycles. The number of aromatic nitrogens is 2. The Morgan fingerprint density at radius 2 is 1.95 bits per heavy atom. The van der Waals surface area contributed by atoms with E-state index in [2.05, 4.69) is 10.2 Å². The SMILES string of the molecule is CCOC(=O)c1nnc(SCC(=O)N(CC)CC)o1. The summed E-state index contributed by atoms with van der Waals surface area (Å²) in [6.45, 7) is 7.08. The van der Waals surface area contributed by atoms with Crippen LogP contribution in [-0.4, -0.2) is 52.4 Å². The molecule has 0 saturated heterocycles. The largest absolute Gasteiger partial charge is 0.459 e. The smallest absolute Gasteiger partial charge is 0.396 e. The quantitative estimate of drug-likeness (QED) is 0.550. The third-order valence-electron chi connectivity index (χ3n) is 2.29. The van der Waals surface area contributed by atoms with Gasteiger partial charge in [0, 0.05) is 13.1 Å². The molecular weight excluding hydrogens is 270 g/mol. The van der Waals surface area contributed by atoms with E-state index in [9.17, 15) is 9.59 Å². The lowest BCUT2D eigenvalue weighted by atomic mass is 10.5. The van der Waals surface area contributed by atoms with Crippen LogP contribution in [0, 0.1) is 0 Å². The van der Waals surface area contributed by atoms with Gasteiger partial charge in [-0.05, 0) is 20.8 Å². The number of rotatable bonds is 7. The van der Waals surface area contributed by atoms with Crippen LogP contribution in [0.5, 0.6) is 0 Å². The minimum Gasteiger partial charge on any atom is -0.459 e. The molecule has 0 aromatic carbocycles. The summed E-state index contributed by atoms with van der Waals surface area (Å²) in [7, 11) is 0. The molecule has 0 spiro atoms. The van der Waals surface area contributed by atoms with Crippen molar-refractivity contribution in [2.75, 3.05) is 25.4 Å². The van der Waals surface area contributed by atoms with E-state index in [0.29, 0.717) is 13.1 Å². The zero-order valence-electron chi connectivity index (χ0n) is 11.2. The molecule has 0 aliphatic carbocycles. The zero-order valence-corrected chi connectivity index (χ0v) is 12.0. The Morgan fingerprint density at radius 1 is 1.26 bits per heavy atom. The molecule has 0 bridgehead atoms. The predicted octanol–water partition coefficient (Wildman–Crippen LogP) is 1.21. The number of carbonyl (C=O) groups is 2. The molecule has 1 aromatic rings. The number of esters is 1. The van der Waals surface area contributed by atoms with Gasteiger partial charge in [-0.1, -0.05) is 16.9 Å². The molecule has 19 heavy (non-hydrogen) atoms. The highest BCUT2D eigenvalue weighted by molar-refractivity contribution is 7.99. The van der Waals surface area contributed by atoms with Crippen LogP contribution in [0.4, 0.5) is 0 Å². The van der Waals surface area contributed by atoms with Crippen molar-refractivity contribution in [3.05, 3.63) is 5.89 Å². The van der Waals surface area contributed by atoms with Gasteiger partial charge in [-0.3, -0.25) is 4.79 Å². The maximum atomic E-state index is 11.7. The maximum absolute atomic E-state index is 11.7. The molecule has 0 radical (unpaired) electrons. The molecule has 106 valence electrons. The molecule has 0 atom stereocenters. The second-order valence-electron chi connectivity index (χ2n) is 3.45. The highest BCUT2D eigenvalue weighted by atomic mass is 32.2. The fourth-order valence-electron chi connectivity index (χ4n) is 1.33. The van der Waals surface area contributed by atoms with Gasteiger partial charge in [0.2, 0.25) is 5.91 Å². The summed E-state index contributed by atoms with van der Waals surface area (Å²) in [5.41, 5.74) is 0. The monoisotopic (exact) mass is 287 g/mol. The molecule has 0 saturated carbocycles. The van der Waals surface area contributed by atoms with Gasteiger partial charge < -0.3 is 14.1 Å². The summed E-state index contributed by atoms with van der Waals surface area (Å²) in [6, 6.07) is 0. The van der Waals surface area contributed by atoms with Crippen molar-refractivity contribution >= 4 is 23.6 Å². The predicted molar refractivity (Wildman–Crippen MR) is 68.9 cm³/mol. The van der Waals surface area contributed by atoms with Crippen molar-refractivity contribution in [1.29, 1.82) is 0 Å². The summed E-state index contributed by atoms with van der Waals surface area (Å²) in [4.78, 5) is 24.7. The van der Waals surface area contributed by atoms with Crippen molar-refractivity contribution in [3.8, 4) is 0 Å². The number of amides is 1. The number of thioether (sulfide) groups is 1. The first-order chi connectivity index (χ1) is 9.12. The van der Waals surface area contributed by atoms with Crippen molar-refractivity contribution < 1.29 is 18.7 Å². The molecule has 0 N–H and O–H groups in total. The molecule has 1 aromatic heterocycles. The number of nitrogens with zero attached hydrogens (tertiary/aromatic N) is 3. The Morgan fingerprint density at radius 3 is 2.53 bits per heavy atom. The van der Waals surface area contributed by atoms with Crippen molar-refractivity contribution in [2.45, 2.75) is 26.0 Å². The van der Waals surface area contributed by atoms with E-state index in [1.54, 1.807) is 11.8 Å². The molecule has 0 fully saturated rings. The third-order valence-corrected chi connectivity index (χ3v) is 3.10. The van der Waals surface area contributed by atoms with Gasteiger partial charge in [-0.25, -0.2) is 4.79 Å². The van der Waals surface area contributed by atoms with Gasteiger partial charge in [-0.15, -0.1) is 5.10 Å². The van der Waals surface area contributed by atoms with E-state index in [4.69, 9.17) is 9.15 Å². The first-order valence-corrected chi connectivity index (χ1v) is 7.02. The van der Waals surface area contributed by atoms with Crippen molar-refractivity contribution in [1.82, 2.24) is 15.1 Å². The van der Waals surface area contributed by atoms with Crippen LogP contribution in [0.2, 0.25) is 0 Å². The Bertz CT molecular complexity index is 431. The molecule has 0 unspecified atom stereocenters. The third kappa shape index (κ3) is 4.55. The number of hydrogen-bond acceptors (Lipinski definition) is 7. The first-order valence-electron chi connectivity index (χ1n) is 6.03. The maximum Gasteiger partial charge on any atom is 0.396 e. The Kier molecular flexibility index (Phi) is 6.34. The summed E-state index contributed by atoms with van der Waals surface area (Å²) in [5, 5.41) is 7.42. The first kappa shape index (κ1) is 15.5. The van der Waals surface area contributed by atoms with Gasteiger partial charge >= 0.3 is 11.9 Å². The fourth-order valence-corrected chi connectivity index (χ4v) is 2.00. The average molecular weight is 287 g/mol. The summed E-state index contributed by atoms with van der Waals surface area (Å²) >= 11 is 1.10. The molecule has 1 heterocycles. The van der Waals surface area contributed by atoms with Crippen LogP contribution in [0.3, 0.4) is 0 Å². The summed E-state index contributed by atoms with van der Waals surface area (Å²) < 4.78 is 9.81. The van der Waals surface area contributed by atoms with Crippen LogP contribution < -0.4 is 0 Å². The van der Waals surface area contributed by atoms with Crippen LogP contribution in [-0.2, 0) is 9.53 Å². The van der Waals surface area contributed by atoms with E-state index >= 15 is 0 Å². The van der Waals surface area contributed by atoms with E-state index in [0.717, 1.165) is 11.8 Å². The molecule has 1 rings (SSSR count). The average Bonchev–Trinajstić information content (AvgIpc) is 2.87. The summed E-state index contributed by atoms with van der Waals surface area (Å²) in [6.07, 6.45) is 0. The Hall–Kier alpha value is -1.57. The second-order valence-corrected chi connectivity index (χ2v) is 4.37. The molecule has 0 aliphatic rings. The minimum absolute atomic E-state index is 0.00844. The number of hydrogen-bond donors (Lipinski definition) is 0. The lowest BCUT2D eigenvalue weighted by Crippen LogP contribution is -2.31. The summed E-state index contributed by atoms with van der Waals surface area (Å²) in [5.74, 6) is -0.658. The van der Waals surface area contributed by atoms with Gasteiger partial charge in [0.25, 0.3) is 5.22 Å². The topological polar surface area (TPSA) is 85.5 Å². The Balaban J connectivity index is 2.50. The van der Waals surface area contributed by atoms with Gasteiger partial charge in [0.1, 0.15) is 0 Å².